The molecule has 1 saturated carbocycles. The van der Waals surface area contributed by atoms with Crippen LogP contribution in [0.5, 0.6) is 0 Å². The molecule has 1 saturated heterocycles. The van der Waals surface area contributed by atoms with Gasteiger partial charge in [0.2, 0.25) is 5.43 Å². The standard InChI is InChI=1S/C26H37ClN4O4S/c1-17-6-5-7-20(12-17)19-8-10-21(11-9-19)35-16-24-23(29-36(33,34)30(3)4)13-18(2)31(24)26-14-25(32)22(27)15-28-26/h5-7,12,14-15,18-19,21,23-24,29H,8-11,13,16H2,1-4H3,(H,28,32)/t18-,19?,21?,23+,24+/m1/s1. The van der Waals surface area contributed by atoms with Crippen molar-refractivity contribution in [3.05, 3.63) is 62.9 Å². The second kappa shape index (κ2) is 11.2. The molecule has 2 N–H and O–H groups in total. The fourth-order valence-electron chi connectivity index (χ4n) is 5.51. The Morgan fingerprint density at radius 2 is 1.92 bits per heavy atom. The summed E-state index contributed by atoms with van der Waals surface area (Å²) in [6.45, 7) is 4.51. The molecular formula is C26H37ClN4O4S. The van der Waals surface area contributed by atoms with Crippen LogP contribution >= 0.6 is 11.6 Å². The topological polar surface area (TPSA) is 94.7 Å². The van der Waals surface area contributed by atoms with E-state index in [1.165, 1.54) is 41.8 Å². The predicted octanol–water partition coefficient (Wildman–Crippen LogP) is 3.81. The Morgan fingerprint density at radius 3 is 2.56 bits per heavy atom. The molecule has 4 rings (SSSR count). The molecule has 2 heterocycles. The lowest BCUT2D eigenvalue weighted by molar-refractivity contribution is 0.0154. The van der Waals surface area contributed by atoms with E-state index in [0.29, 0.717) is 24.8 Å². The first-order chi connectivity index (χ1) is 17.0. The molecule has 0 radical (unpaired) electrons. The number of hydrogen-bond donors (Lipinski definition) is 2. The molecule has 198 valence electrons. The molecule has 1 aliphatic carbocycles. The number of H-pyrrole nitrogens is 1. The van der Waals surface area contributed by atoms with E-state index in [1.807, 2.05) is 6.92 Å². The van der Waals surface area contributed by atoms with Crippen molar-refractivity contribution in [3.8, 4) is 0 Å². The highest BCUT2D eigenvalue weighted by molar-refractivity contribution is 7.87. The molecule has 2 aliphatic rings. The number of nitrogens with one attached hydrogen (secondary N) is 2. The molecule has 0 bridgehead atoms. The maximum Gasteiger partial charge on any atom is 0.279 e. The zero-order chi connectivity index (χ0) is 26.0. The molecule has 1 aromatic carbocycles. The van der Waals surface area contributed by atoms with Gasteiger partial charge < -0.3 is 14.6 Å². The number of rotatable bonds is 8. The first kappa shape index (κ1) is 27.1. The van der Waals surface area contributed by atoms with Gasteiger partial charge in [-0.15, -0.1) is 0 Å². The van der Waals surface area contributed by atoms with Crippen molar-refractivity contribution in [2.45, 2.75) is 76.1 Å². The van der Waals surface area contributed by atoms with Crippen molar-refractivity contribution >= 4 is 27.6 Å². The van der Waals surface area contributed by atoms with Gasteiger partial charge in [-0.1, -0.05) is 41.4 Å². The summed E-state index contributed by atoms with van der Waals surface area (Å²) in [4.78, 5) is 17.4. The highest BCUT2D eigenvalue weighted by atomic mass is 35.5. The van der Waals surface area contributed by atoms with Crippen molar-refractivity contribution < 1.29 is 13.2 Å². The summed E-state index contributed by atoms with van der Waals surface area (Å²) in [5.41, 5.74) is 2.41. The molecule has 2 aromatic rings. The minimum atomic E-state index is -3.64. The van der Waals surface area contributed by atoms with Crippen molar-refractivity contribution in [1.82, 2.24) is 14.0 Å². The van der Waals surface area contributed by atoms with Gasteiger partial charge in [0.1, 0.15) is 10.8 Å². The monoisotopic (exact) mass is 536 g/mol. The fraction of sp³-hybridized carbons (Fsp3) is 0.577. The predicted molar refractivity (Wildman–Crippen MR) is 144 cm³/mol. The third-order valence-electron chi connectivity index (χ3n) is 7.49. The van der Waals surface area contributed by atoms with Crippen LogP contribution in [0.2, 0.25) is 5.02 Å². The normalized spacial score (nSPS) is 27.1. The van der Waals surface area contributed by atoms with Gasteiger partial charge in [-0.3, -0.25) is 4.79 Å². The lowest BCUT2D eigenvalue weighted by Gasteiger charge is -2.35. The summed E-state index contributed by atoms with van der Waals surface area (Å²) in [6, 6.07) is 9.56. The van der Waals surface area contributed by atoms with Crippen LogP contribution in [0.3, 0.4) is 0 Å². The zero-order valence-corrected chi connectivity index (χ0v) is 23.0. The zero-order valence-electron chi connectivity index (χ0n) is 21.4. The highest BCUT2D eigenvalue weighted by Crippen LogP contribution is 2.35. The SMILES string of the molecule is Cc1cccc(C2CCC(OC[C@H]3[C@@H](NS(=O)(=O)N(C)C)C[C@@H](C)N3c3cc(=O)c(Cl)c[nH]3)CC2)c1. The van der Waals surface area contributed by atoms with Gasteiger partial charge in [0.15, 0.2) is 0 Å². The van der Waals surface area contributed by atoms with Gasteiger partial charge in [0.25, 0.3) is 10.2 Å². The number of aromatic nitrogens is 1. The Morgan fingerprint density at radius 1 is 1.19 bits per heavy atom. The van der Waals surface area contributed by atoms with Gasteiger partial charge in [-0.2, -0.15) is 17.4 Å². The second-order valence-corrected chi connectivity index (χ2v) is 12.6. The number of pyridine rings is 1. The molecule has 1 aromatic heterocycles. The highest BCUT2D eigenvalue weighted by Gasteiger charge is 2.42. The van der Waals surface area contributed by atoms with Crippen molar-refractivity contribution in [1.29, 1.82) is 0 Å². The molecule has 3 atom stereocenters. The number of ether oxygens (including phenoxy) is 1. The summed E-state index contributed by atoms with van der Waals surface area (Å²) >= 11 is 5.95. The molecule has 0 amide bonds. The van der Waals surface area contributed by atoms with Crippen LogP contribution in [0.4, 0.5) is 5.82 Å². The van der Waals surface area contributed by atoms with Crippen LogP contribution in [0.25, 0.3) is 0 Å². The van der Waals surface area contributed by atoms with Gasteiger partial charge in [0, 0.05) is 38.4 Å². The minimum Gasteiger partial charge on any atom is -0.376 e. The smallest absolute Gasteiger partial charge is 0.279 e. The first-order valence-corrected chi connectivity index (χ1v) is 14.4. The van der Waals surface area contributed by atoms with Crippen molar-refractivity contribution in [3.63, 3.8) is 0 Å². The number of benzene rings is 1. The molecule has 0 unspecified atom stereocenters. The number of aryl methyl sites for hydroxylation is 1. The summed E-state index contributed by atoms with van der Waals surface area (Å²) in [7, 11) is -0.620. The van der Waals surface area contributed by atoms with E-state index >= 15 is 0 Å². The van der Waals surface area contributed by atoms with E-state index in [0.717, 1.165) is 25.7 Å². The van der Waals surface area contributed by atoms with Crippen LogP contribution in [0.1, 0.15) is 56.1 Å². The number of hydrogen-bond acceptors (Lipinski definition) is 5. The Balaban J connectivity index is 1.47. The Kier molecular flexibility index (Phi) is 8.46. The molecule has 2 fully saturated rings. The quantitative estimate of drug-likeness (QED) is 0.535. The summed E-state index contributed by atoms with van der Waals surface area (Å²) in [6.07, 6.45) is 6.26. The van der Waals surface area contributed by atoms with Crippen LogP contribution in [0.15, 0.2) is 41.3 Å². The van der Waals surface area contributed by atoms with E-state index < -0.39 is 10.2 Å². The van der Waals surface area contributed by atoms with Crippen LogP contribution in [-0.4, -0.2) is 62.6 Å². The fourth-order valence-corrected chi connectivity index (χ4v) is 6.46. The molecule has 1 aliphatic heterocycles. The maximum atomic E-state index is 12.7. The lowest BCUT2D eigenvalue weighted by Crippen LogP contribution is -2.51. The third-order valence-corrected chi connectivity index (χ3v) is 9.35. The average molecular weight is 537 g/mol. The van der Waals surface area contributed by atoms with E-state index in [-0.39, 0.29) is 34.7 Å². The number of anilines is 1. The van der Waals surface area contributed by atoms with Gasteiger partial charge in [-0.05, 0) is 57.4 Å². The van der Waals surface area contributed by atoms with Gasteiger partial charge in [-0.25, -0.2) is 0 Å². The van der Waals surface area contributed by atoms with Gasteiger partial charge >= 0.3 is 0 Å². The lowest BCUT2D eigenvalue weighted by atomic mass is 9.82. The van der Waals surface area contributed by atoms with E-state index in [9.17, 15) is 13.2 Å². The molecule has 10 heteroatoms. The Hall–Kier alpha value is -1.91. The maximum absolute atomic E-state index is 12.7. The summed E-state index contributed by atoms with van der Waals surface area (Å²) in [5.74, 6) is 1.16. The molecular weight excluding hydrogens is 500 g/mol. The second-order valence-electron chi connectivity index (χ2n) is 10.3. The van der Waals surface area contributed by atoms with Crippen LogP contribution in [-0.2, 0) is 14.9 Å². The van der Waals surface area contributed by atoms with E-state index in [2.05, 4.69) is 45.8 Å². The van der Waals surface area contributed by atoms with Gasteiger partial charge in [0.05, 0.1) is 18.8 Å². The van der Waals surface area contributed by atoms with Crippen molar-refractivity contribution in [2.24, 2.45) is 0 Å². The third kappa shape index (κ3) is 6.14. The molecule has 36 heavy (non-hydrogen) atoms. The van der Waals surface area contributed by atoms with Crippen LogP contribution < -0.4 is 15.1 Å². The van der Waals surface area contributed by atoms with E-state index in [1.54, 1.807) is 0 Å². The van der Waals surface area contributed by atoms with E-state index in [4.69, 9.17) is 16.3 Å². The molecule has 0 spiro atoms. The molecule has 8 nitrogen and oxygen atoms in total. The average Bonchev–Trinajstić information content (AvgIpc) is 3.13. The number of halogens is 1. The number of aromatic amines is 1. The summed E-state index contributed by atoms with van der Waals surface area (Å²) in [5, 5.41) is 0.119. The minimum absolute atomic E-state index is 0.0117. The Bertz CT molecular complexity index is 1210. The largest absolute Gasteiger partial charge is 0.376 e. The first-order valence-electron chi connectivity index (χ1n) is 12.6. The Labute approximate surface area is 219 Å². The summed E-state index contributed by atoms with van der Waals surface area (Å²) < 4.78 is 35.8. The van der Waals surface area contributed by atoms with Crippen LogP contribution in [0, 0.1) is 6.92 Å². The van der Waals surface area contributed by atoms with Crippen molar-refractivity contribution in [2.75, 3.05) is 25.6 Å². The number of nitrogens with zero attached hydrogens (tertiary/aromatic N) is 2.